The molecule has 4 aromatic heterocycles. The number of hydrogen-bond acceptors (Lipinski definition) is 8. The number of para-hydroxylation sites is 4. The van der Waals surface area contributed by atoms with Crippen LogP contribution in [-0.2, 0) is 103 Å². The van der Waals surface area contributed by atoms with Crippen LogP contribution < -0.4 is 19.6 Å². The van der Waals surface area contributed by atoms with Crippen LogP contribution in [0.2, 0.25) is 0 Å². The summed E-state index contributed by atoms with van der Waals surface area (Å²) in [5.41, 5.74) is 84.1. The minimum absolute atomic E-state index is 0.900. The summed E-state index contributed by atoms with van der Waals surface area (Å²) in [4.78, 5) is 29.2. The molecule has 0 fully saturated rings. The molecule has 0 bridgehead atoms. The first-order chi connectivity index (χ1) is 69.3. The van der Waals surface area contributed by atoms with Crippen molar-refractivity contribution < 1.29 is 0 Å². The predicted molar refractivity (Wildman–Crippen MR) is 564 cm³/mol. The zero-order valence-electron chi connectivity index (χ0n) is 77.2. The van der Waals surface area contributed by atoms with Gasteiger partial charge < -0.3 is 19.6 Å². The van der Waals surface area contributed by atoms with Gasteiger partial charge in [0.2, 0.25) is 0 Å². The number of nitrogens with zero attached hydrogens (tertiary/aromatic N) is 8. The molecule has 656 valence electrons. The monoisotopic (exact) mass is 1780 g/mol. The third kappa shape index (κ3) is 10.8. The Kier molecular flexibility index (Phi) is 15.6. The first kappa shape index (κ1) is 76.5. The molecule has 16 aromatic carbocycles. The van der Waals surface area contributed by atoms with Gasteiger partial charge in [-0.1, -0.05) is 200 Å². The standard InChI is InChI=1S/4C33H22N2/c1-3-7-26-19(5-1)11-22-15-28-23(14-27(22)26)13-21-9-10-31-29(32(21)28)16-25-18-34-17-24-12-20-6-2-4-8-30(20)35(31)33(24)25;1-3-7-25-19(5-1)13-23-17-27-24(16-26(23)25)14-21-9-10-31-28(32(21)27)15-22-11-12-34-29-18-20-6-2-4-8-30(20)35(31)33(22)29;1-3-7-25-19(5-1)13-23-15-24-14-21-9-10-31-28(32(21)27(24)18-26(23)25)16-22-11-12-34-29-17-20-6-2-4-8-30(20)35(31)33(22)29;1-3-7-25-19(5-1)13-23-17-27-24(16-26(23)25)15-21-9-10-31-28(32(21)27)18-29-33-22(11-12-34-29)14-20-6-2-4-8-30(20)35(31)33/h1-10,14-15,17-18H,11-13,16H2;1-12,16-17H,13-15,18H2;1-12,15,18H,13-14,16-17H2;1-12,16-17H,13-15,18H2. The summed E-state index contributed by atoms with van der Waals surface area (Å²) in [5, 5.41) is 0. The van der Waals surface area contributed by atoms with Crippen LogP contribution in [-0.4, -0.2) is 19.9 Å². The highest BCUT2D eigenvalue weighted by Gasteiger charge is 2.44. The molecule has 36 rings (SSSR count). The molecule has 0 unspecified atom stereocenters. The zero-order valence-corrected chi connectivity index (χ0v) is 77.2. The zero-order chi connectivity index (χ0) is 90.7. The van der Waals surface area contributed by atoms with Crippen LogP contribution in [0.4, 0.5) is 68.2 Å². The van der Waals surface area contributed by atoms with Gasteiger partial charge in [-0.3, -0.25) is 19.9 Å². The fourth-order valence-electron chi connectivity index (χ4n) is 28.3. The quantitative estimate of drug-likeness (QED) is 0.149. The average Bonchev–Trinajstić information content (AvgIpc) is 0.883. The Bertz CT molecular complexity index is 8510. The van der Waals surface area contributed by atoms with Crippen LogP contribution in [0.1, 0.15) is 178 Å². The van der Waals surface area contributed by atoms with E-state index in [1.165, 1.54) is 336 Å². The number of rotatable bonds is 0. The summed E-state index contributed by atoms with van der Waals surface area (Å²) >= 11 is 0. The van der Waals surface area contributed by atoms with Crippen LogP contribution in [0.3, 0.4) is 0 Å². The lowest BCUT2D eigenvalue weighted by Gasteiger charge is -2.39. The lowest BCUT2D eigenvalue weighted by atomic mass is 9.84. The molecule has 12 heterocycles. The smallest absolute Gasteiger partial charge is 0.0716 e. The minimum atomic E-state index is 0.900. The molecule has 0 atom stereocenters. The van der Waals surface area contributed by atoms with Crippen molar-refractivity contribution in [2.75, 3.05) is 19.6 Å². The maximum absolute atomic E-state index is 4.91. The molecule has 0 saturated heterocycles. The molecular formula is C132H88N8. The molecule has 0 spiro atoms. The third-order valence-corrected chi connectivity index (χ3v) is 34.2. The molecule has 0 radical (unpaired) electrons. The van der Waals surface area contributed by atoms with Crippen molar-refractivity contribution >= 4 is 68.2 Å². The Hall–Kier alpha value is -16.7. The van der Waals surface area contributed by atoms with Crippen LogP contribution in [0.5, 0.6) is 0 Å². The maximum Gasteiger partial charge on any atom is 0.0716 e. The van der Waals surface area contributed by atoms with Gasteiger partial charge in [-0.25, -0.2) is 0 Å². The van der Waals surface area contributed by atoms with Crippen molar-refractivity contribution in [2.45, 2.75) is 103 Å². The van der Waals surface area contributed by atoms with E-state index in [0.29, 0.717) is 0 Å². The van der Waals surface area contributed by atoms with Crippen molar-refractivity contribution in [3.63, 3.8) is 0 Å². The first-order valence-corrected chi connectivity index (χ1v) is 50.3. The molecule has 8 heteroatoms. The predicted octanol–water partition coefficient (Wildman–Crippen LogP) is 30.0. The van der Waals surface area contributed by atoms with Crippen LogP contribution in [0.15, 0.2) is 340 Å². The number of aromatic nitrogens is 4. The lowest BCUT2D eigenvalue weighted by molar-refractivity contribution is 0.960. The minimum Gasteiger partial charge on any atom is -0.309 e. The van der Waals surface area contributed by atoms with E-state index in [1.807, 2.05) is 18.6 Å². The van der Waals surface area contributed by atoms with E-state index < -0.39 is 0 Å². The largest absolute Gasteiger partial charge is 0.309 e. The van der Waals surface area contributed by atoms with Crippen molar-refractivity contribution in [2.24, 2.45) is 0 Å². The van der Waals surface area contributed by atoms with Crippen LogP contribution >= 0.6 is 0 Å². The maximum atomic E-state index is 4.91. The van der Waals surface area contributed by atoms with Crippen molar-refractivity contribution in [3.05, 3.63) is 519 Å². The van der Waals surface area contributed by atoms with Gasteiger partial charge in [-0.05, 0) is 411 Å². The van der Waals surface area contributed by atoms with Gasteiger partial charge in [0.1, 0.15) is 0 Å². The summed E-state index contributed by atoms with van der Waals surface area (Å²) in [6.45, 7) is 0. The summed E-state index contributed by atoms with van der Waals surface area (Å²) in [6.07, 6.45) is 26.0. The SMILES string of the molecule is c1ccc2c(c1)Cc1cc3c(cc1-2)-c1c(ccc2c1Cc1ccnc4c1N2c1ccccc1C4)C3.c1ccc2c(c1)Cc1cc3c(cc1-2)Cc1ccc2c(c1-3)Cc1ccnc3c1N2c1ccccc1C3.c1ccc2c(c1)Cc1cc3c(cc1-2)Cc1ccc2c(c1-3)Cc1cncc3c1N2c1ccccc1C3.c1ccc2c(c1)Cc1cc3c(cc1-2)Cc1ccc2c(c1-3)Cc1nccc3c1N2c1ccccc1C3. The van der Waals surface area contributed by atoms with E-state index in [-0.39, 0.29) is 0 Å². The van der Waals surface area contributed by atoms with E-state index in [4.69, 9.17) is 15.0 Å². The summed E-state index contributed by atoms with van der Waals surface area (Å²) in [7, 11) is 0. The number of anilines is 12. The van der Waals surface area contributed by atoms with Gasteiger partial charge in [0.05, 0.1) is 62.6 Å². The van der Waals surface area contributed by atoms with Gasteiger partial charge in [0.25, 0.3) is 0 Å². The van der Waals surface area contributed by atoms with E-state index >= 15 is 0 Å². The molecule has 8 aliphatic carbocycles. The topological polar surface area (TPSA) is 64.5 Å². The second kappa shape index (κ2) is 28.5. The molecule has 0 saturated carbocycles. The lowest BCUT2D eigenvalue weighted by Crippen LogP contribution is -2.25. The van der Waals surface area contributed by atoms with Crippen LogP contribution in [0.25, 0.3) is 89.0 Å². The van der Waals surface area contributed by atoms with E-state index in [2.05, 4.69) is 346 Å². The normalized spacial score (nSPS) is 14.9. The fourth-order valence-corrected chi connectivity index (χ4v) is 28.3. The number of hydrogen-bond donors (Lipinski definition) is 0. The summed E-state index contributed by atoms with van der Waals surface area (Å²) < 4.78 is 0. The second-order valence-electron chi connectivity index (χ2n) is 41.5. The second-order valence-corrected chi connectivity index (χ2v) is 41.5. The molecular weight excluding hydrogens is 1700 g/mol. The molecule has 16 aliphatic rings. The highest BCUT2D eigenvalue weighted by molar-refractivity contribution is 6.03. The number of pyridine rings is 4. The highest BCUT2D eigenvalue weighted by atomic mass is 15.2. The third-order valence-electron chi connectivity index (χ3n) is 34.2. The van der Waals surface area contributed by atoms with Crippen molar-refractivity contribution in [1.29, 1.82) is 0 Å². The van der Waals surface area contributed by atoms with Gasteiger partial charge in [0, 0.05) is 105 Å². The molecule has 0 amide bonds. The molecule has 8 aliphatic heterocycles. The highest BCUT2D eigenvalue weighted by Crippen LogP contribution is 2.62. The van der Waals surface area contributed by atoms with E-state index in [9.17, 15) is 0 Å². The Morgan fingerprint density at radius 3 is 0.786 bits per heavy atom. The Labute approximate surface area is 812 Å². The molecule has 140 heavy (non-hydrogen) atoms. The van der Waals surface area contributed by atoms with E-state index in [0.717, 1.165) is 103 Å². The summed E-state index contributed by atoms with van der Waals surface area (Å²) in [5.74, 6) is 0. The Balaban J connectivity index is 0.0000000829. The van der Waals surface area contributed by atoms with Gasteiger partial charge >= 0.3 is 0 Å². The first-order valence-electron chi connectivity index (χ1n) is 50.3. The van der Waals surface area contributed by atoms with Crippen molar-refractivity contribution in [3.8, 4) is 89.0 Å². The number of fused-ring (bicyclic) bond motifs is 44. The van der Waals surface area contributed by atoms with Gasteiger partial charge in [-0.15, -0.1) is 0 Å². The van der Waals surface area contributed by atoms with Gasteiger partial charge in [-0.2, -0.15) is 0 Å². The summed E-state index contributed by atoms with van der Waals surface area (Å²) in [6, 6.07) is 117. The Morgan fingerprint density at radius 1 is 0.150 bits per heavy atom. The molecule has 0 N–H and O–H groups in total. The van der Waals surface area contributed by atoms with Crippen LogP contribution in [0, 0.1) is 0 Å². The van der Waals surface area contributed by atoms with E-state index in [1.54, 1.807) is 0 Å². The number of benzene rings is 16. The molecule has 8 nitrogen and oxygen atoms in total. The Morgan fingerprint density at radius 2 is 0.400 bits per heavy atom. The average molecular weight is 1790 g/mol. The van der Waals surface area contributed by atoms with Gasteiger partial charge in [0.15, 0.2) is 0 Å². The molecule has 20 aromatic rings. The fraction of sp³-hybridized carbons (Fsp3) is 0.121. The van der Waals surface area contributed by atoms with Crippen molar-refractivity contribution in [1.82, 2.24) is 19.9 Å².